The molecular weight excluding hydrogens is 262 g/mol. The van der Waals surface area contributed by atoms with Crippen LogP contribution in [-0.4, -0.2) is 5.11 Å². The third-order valence-corrected chi connectivity index (χ3v) is 2.97. The smallest absolute Gasteiger partial charge is 0.129 e. The van der Waals surface area contributed by atoms with Crippen LogP contribution >= 0.6 is 0 Å². The van der Waals surface area contributed by atoms with E-state index in [0.717, 1.165) is 17.1 Å². The molecule has 0 saturated carbocycles. The van der Waals surface area contributed by atoms with Crippen LogP contribution in [-0.2, 0) is 0 Å². The summed E-state index contributed by atoms with van der Waals surface area (Å²) in [4.78, 5) is 0. The molecule has 3 aromatic rings. The molecular formula is C18H15NO2. The number of aromatic hydroxyl groups is 1. The molecule has 3 aromatic carbocycles. The van der Waals surface area contributed by atoms with Gasteiger partial charge >= 0.3 is 0 Å². The minimum atomic E-state index is 0.224. The lowest BCUT2D eigenvalue weighted by Gasteiger charge is -2.09. The van der Waals surface area contributed by atoms with Gasteiger partial charge in [0, 0.05) is 17.4 Å². The van der Waals surface area contributed by atoms with Crippen molar-refractivity contribution in [1.82, 2.24) is 0 Å². The monoisotopic (exact) mass is 277 g/mol. The van der Waals surface area contributed by atoms with Gasteiger partial charge < -0.3 is 15.2 Å². The molecule has 0 amide bonds. The minimum Gasteiger partial charge on any atom is -0.508 e. The highest BCUT2D eigenvalue weighted by Crippen LogP contribution is 2.26. The molecule has 104 valence electrons. The Morgan fingerprint density at radius 1 is 0.667 bits per heavy atom. The van der Waals surface area contributed by atoms with Crippen LogP contribution in [0.5, 0.6) is 17.2 Å². The van der Waals surface area contributed by atoms with Gasteiger partial charge in [0.15, 0.2) is 0 Å². The average molecular weight is 277 g/mol. The molecule has 3 heteroatoms. The molecule has 21 heavy (non-hydrogen) atoms. The molecule has 0 heterocycles. The van der Waals surface area contributed by atoms with Gasteiger partial charge in [0.25, 0.3) is 0 Å². The Hall–Kier alpha value is -2.94. The molecule has 0 spiro atoms. The van der Waals surface area contributed by atoms with Crippen LogP contribution in [0.3, 0.4) is 0 Å². The first kappa shape index (κ1) is 13.1. The lowest BCUT2D eigenvalue weighted by atomic mass is 10.2. The largest absolute Gasteiger partial charge is 0.508 e. The minimum absolute atomic E-state index is 0.224. The van der Waals surface area contributed by atoms with E-state index in [1.54, 1.807) is 24.3 Å². The summed E-state index contributed by atoms with van der Waals surface area (Å²) >= 11 is 0. The Morgan fingerprint density at radius 3 is 2.14 bits per heavy atom. The van der Waals surface area contributed by atoms with E-state index in [4.69, 9.17) is 4.74 Å². The highest BCUT2D eigenvalue weighted by molar-refractivity contribution is 5.61. The zero-order valence-electron chi connectivity index (χ0n) is 11.4. The van der Waals surface area contributed by atoms with Gasteiger partial charge in [-0.05, 0) is 48.5 Å². The Labute approximate surface area is 123 Å². The van der Waals surface area contributed by atoms with Crippen molar-refractivity contribution in [1.29, 1.82) is 0 Å². The van der Waals surface area contributed by atoms with Gasteiger partial charge in [-0.2, -0.15) is 0 Å². The van der Waals surface area contributed by atoms with Crippen molar-refractivity contribution in [3.63, 3.8) is 0 Å². The van der Waals surface area contributed by atoms with Gasteiger partial charge in [-0.3, -0.25) is 0 Å². The first-order valence-electron chi connectivity index (χ1n) is 6.69. The summed E-state index contributed by atoms with van der Waals surface area (Å²) in [6, 6.07) is 24.4. The number of benzene rings is 3. The average Bonchev–Trinajstić information content (AvgIpc) is 2.51. The standard InChI is InChI=1S/C18H15NO2/c20-16-9-11-17(12-10-16)21-18-8-4-7-15(13-18)19-14-5-2-1-3-6-14/h1-13,19-20H. The highest BCUT2D eigenvalue weighted by atomic mass is 16.5. The van der Waals surface area contributed by atoms with E-state index in [-0.39, 0.29) is 5.75 Å². The number of ether oxygens (including phenoxy) is 1. The van der Waals surface area contributed by atoms with Crippen LogP contribution in [0.15, 0.2) is 78.9 Å². The van der Waals surface area contributed by atoms with Gasteiger partial charge in [0.1, 0.15) is 17.2 Å². The Balaban J connectivity index is 1.75. The number of hydrogen-bond acceptors (Lipinski definition) is 3. The number of phenols is 1. The molecule has 0 aliphatic rings. The summed E-state index contributed by atoms with van der Waals surface area (Å²) < 4.78 is 5.76. The number of hydrogen-bond donors (Lipinski definition) is 2. The van der Waals surface area contributed by atoms with Crippen LogP contribution in [0, 0.1) is 0 Å². The summed E-state index contributed by atoms with van der Waals surface area (Å²) in [5, 5.41) is 12.6. The Morgan fingerprint density at radius 2 is 1.38 bits per heavy atom. The predicted octanol–water partition coefficient (Wildman–Crippen LogP) is 4.93. The summed E-state index contributed by atoms with van der Waals surface area (Å²) in [5.74, 6) is 1.65. The molecule has 0 unspecified atom stereocenters. The summed E-state index contributed by atoms with van der Waals surface area (Å²) in [6.07, 6.45) is 0. The van der Waals surface area contributed by atoms with E-state index in [0.29, 0.717) is 5.75 Å². The quantitative estimate of drug-likeness (QED) is 0.710. The van der Waals surface area contributed by atoms with E-state index in [1.165, 1.54) is 0 Å². The lowest BCUT2D eigenvalue weighted by molar-refractivity contribution is 0.464. The SMILES string of the molecule is Oc1ccc(Oc2cccc(Nc3ccccc3)c2)cc1. The normalized spacial score (nSPS) is 10.1. The molecule has 0 aromatic heterocycles. The number of phenolic OH excluding ortho intramolecular Hbond substituents is 1. The lowest BCUT2D eigenvalue weighted by Crippen LogP contribution is -1.90. The molecule has 0 bridgehead atoms. The maximum absolute atomic E-state index is 9.27. The predicted molar refractivity (Wildman–Crippen MR) is 84.3 cm³/mol. The Bertz CT molecular complexity index is 709. The summed E-state index contributed by atoms with van der Waals surface area (Å²) in [6.45, 7) is 0. The van der Waals surface area contributed by atoms with E-state index in [2.05, 4.69) is 5.32 Å². The Kier molecular flexibility index (Phi) is 3.74. The fourth-order valence-electron chi connectivity index (χ4n) is 1.98. The zero-order chi connectivity index (χ0) is 14.5. The van der Waals surface area contributed by atoms with Gasteiger partial charge in [-0.25, -0.2) is 0 Å². The molecule has 3 rings (SSSR count). The molecule has 0 saturated heterocycles. The second-order valence-corrected chi connectivity index (χ2v) is 4.61. The fraction of sp³-hybridized carbons (Fsp3) is 0. The van der Waals surface area contributed by atoms with Crippen LogP contribution in [0.1, 0.15) is 0 Å². The van der Waals surface area contributed by atoms with Crippen molar-refractivity contribution in [2.45, 2.75) is 0 Å². The van der Waals surface area contributed by atoms with E-state index in [1.807, 2.05) is 54.6 Å². The van der Waals surface area contributed by atoms with Crippen molar-refractivity contribution in [2.75, 3.05) is 5.32 Å². The number of anilines is 2. The van der Waals surface area contributed by atoms with Gasteiger partial charge in [-0.1, -0.05) is 24.3 Å². The maximum atomic E-state index is 9.27. The van der Waals surface area contributed by atoms with Crippen LogP contribution < -0.4 is 10.1 Å². The maximum Gasteiger partial charge on any atom is 0.129 e. The van der Waals surface area contributed by atoms with Crippen LogP contribution in [0.4, 0.5) is 11.4 Å². The number of para-hydroxylation sites is 1. The third-order valence-electron chi connectivity index (χ3n) is 2.97. The van der Waals surface area contributed by atoms with E-state index in [9.17, 15) is 5.11 Å². The van der Waals surface area contributed by atoms with Crippen LogP contribution in [0.2, 0.25) is 0 Å². The number of rotatable bonds is 4. The van der Waals surface area contributed by atoms with Gasteiger partial charge in [-0.15, -0.1) is 0 Å². The summed E-state index contributed by atoms with van der Waals surface area (Å²) in [5.41, 5.74) is 1.98. The van der Waals surface area contributed by atoms with Crippen molar-refractivity contribution < 1.29 is 9.84 Å². The van der Waals surface area contributed by atoms with Crippen molar-refractivity contribution in [2.24, 2.45) is 0 Å². The molecule has 0 aliphatic carbocycles. The zero-order valence-corrected chi connectivity index (χ0v) is 11.4. The van der Waals surface area contributed by atoms with Gasteiger partial charge in [0.05, 0.1) is 0 Å². The molecule has 2 N–H and O–H groups in total. The highest BCUT2D eigenvalue weighted by Gasteiger charge is 2.00. The van der Waals surface area contributed by atoms with E-state index < -0.39 is 0 Å². The summed E-state index contributed by atoms with van der Waals surface area (Å²) in [7, 11) is 0. The molecule has 3 nitrogen and oxygen atoms in total. The second-order valence-electron chi connectivity index (χ2n) is 4.61. The van der Waals surface area contributed by atoms with Crippen molar-refractivity contribution in [3.8, 4) is 17.2 Å². The van der Waals surface area contributed by atoms with Crippen molar-refractivity contribution >= 4 is 11.4 Å². The fourth-order valence-corrected chi connectivity index (χ4v) is 1.98. The van der Waals surface area contributed by atoms with E-state index >= 15 is 0 Å². The number of nitrogens with one attached hydrogen (secondary N) is 1. The first-order valence-corrected chi connectivity index (χ1v) is 6.69. The molecule has 0 fully saturated rings. The third kappa shape index (κ3) is 3.54. The van der Waals surface area contributed by atoms with Gasteiger partial charge in [0.2, 0.25) is 0 Å². The molecule has 0 radical (unpaired) electrons. The molecule has 0 aliphatic heterocycles. The van der Waals surface area contributed by atoms with Crippen LogP contribution in [0.25, 0.3) is 0 Å². The first-order chi connectivity index (χ1) is 10.3. The molecule has 0 atom stereocenters. The topological polar surface area (TPSA) is 41.5 Å². The van der Waals surface area contributed by atoms with Crippen molar-refractivity contribution in [3.05, 3.63) is 78.9 Å². The second kappa shape index (κ2) is 6.01.